The molecule has 0 saturated heterocycles. The first kappa shape index (κ1) is 26.9. The molecule has 0 fully saturated rings. The number of benzene rings is 2. The van der Waals surface area contributed by atoms with Crippen LogP contribution in [0.1, 0.15) is 27.2 Å². The van der Waals surface area contributed by atoms with Gasteiger partial charge in [-0.25, -0.2) is 14.4 Å². The van der Waals surface area contributed by atoms with Gasteiger partial charge in [0.1, 0.15) is 24.0 Å². The number of nitrogens with zero attached hydrogens (tertiary/aromatic N) is 3. The number of aromatic nitrogens is 2. The second-order valence-electron chi connectivity index (χ2n) is 8.62. The average molecular weight is 506 g/mol. The molecule has 1 aromatic heterocycles. The van der Waals surface area contributed by atoms with Crippen molar-refractivity contribution in [2.24, 2.45) is 0 Å². The van der Waals surface area contributed by atoms with E-state index in [0.29, 0.717) is 47.9 Å². The Balaban J connectivity index is 1.88. The normalized spacial score (nSPS) is 14.1. The molecule has 0 radical (unpaired) electrons. The molecule has 8 nitrogen and oxygen atoms in total. The number of aliphatic hydroxyl groups is 1. The molecule has 1 unspecified atom stereocenters. The van der Waals surface area contributed by atoms with E-state index in [0.717, 1.165) is 6.42 Å². The molecule has 2 aromatic carbocycles. The van der Waals surface area contributed by atoms with E-state index in [9.17, 15) is 9.50 Å². The Morgan fingerprint density at radius 2 is 2.00 bits per heavy atom. The summed E-state index contributed by atoms with van der Waals surface area (Å²) in [5.41, 5.74) is -0.187. The number of hydrogen-bond acceptors (Lipinski definition) is 8. The zero-order chi connectivity index (χ0) is 25.6. The van der Waals surface area contributed by atoms with Crippen molar-refractivity contribution in [2.75, 3.05) is 39.1 Å². The number of likely N-dealkylation sites (N-methyl/N-ethyl adjacent to an activating group) is 2. The molecule has 2 atom stereocenters. The van der Waals surface area contributed by atoms with E-state index in [1.54, 1.807) is 38.3 Å². The number of halogens is 2. The van der Waals surface area contributed by atoms with Crippen LogP contribution in [0.25, 0.3) is 10.9 Å². The fraction of sp³-hybridized carbons (Fsp3) is 0.440. The van der Waals surface area contributed by atoms with Crippen molar-refractivity contribution in [3.8, 4) is 11.5 Å². The molecule has 3 aromatic rings. The van der Waals surface area contributed by atoms with E-state index >= 15 is 0 Å². The maximum atomic E-state index is 14.5. The summed E-state index contributed by atoms with van der Waals surface area (Å²) in [7, 11) is 3.50. The topological polar surface area (TPSA) is 91.8 Å². The van der Waals surface area contributed by atoms with Crippen molar-refractivity contribution >= 4 is 34.0 Å². The Labute approximate surface area is 210 Å². The minimum absolute atomic E-state index is 0.0158. The van der Waals surface area contributed by atoms with E-state index in [1.165, 1.54) is 12.4 Å². The Kier molecular flexibility index (Phi) is 9.07. The van der Waals surface area contributed by atoms with Gasteiger partial charge in [-0.2, -0.15) is 0 Å². The highest BCUT2D eigenvalue weighted by Crippen LogP contribution is 2.36. The van der Waals surface area contributed by atoms with E-state index < -0.39 is 11.5 Å². The molecule has 0 aliphatic heterocycles. The lowest BCUT2D eigenvalue weighted by Crippen LogP contribution is -2.51. The van der Waals surface area contributed by atoms with E-state index in [-0.39, 0.29) is 16.8 Å². The predicted molar refractivity (Wildman–Crippen MR) is 137 cm³/mol. The molecule has 0 aliphatic carbocycles. The standard InChI is InChI=1S/C25H33ClFN5O3/c1-6-16(13-32(4)14-25(3,33)30-7-2)35-22-11-17-20(12-21(22)34-5)28-15-29-24(17)31-19-10-8-9-18(26)23(19)27/h8-12,15-16,30,33H,6-7,13-14H2,1-5H3,(H,28,29,31)/t16?,25-/m1/s1. The minimum Gasteiger partial charge on any atom is -0.493 e. The Morgan fingerprint density at radius 3 is 2.69 bits per heavy atom. The van der Waals surface area contributed by atoms with Crippen LogP contribution >= 0.6 is 11.6 Å². The Morgan fingerprint density at radius 1 is 1.23 bits per heavy atom. The van der Waals surface area contributed by atoms with Crippen LogP contribution in [0.4, 0.5) is 15.9 Å². The van der Waals surface area contributed by atoms with Gasteiger partial charge >= 0.3 is 0 Å². The van der Waals surface area contributed by atoms with Gasteiger partial charge in [0.2, 0.25) is 0 Å². The largest absolute Gasteiger partial charge is 0.493 e. The zero-order valence-corrected chi connectivity index (χ0v) is 21.5. The van der Waals surface area contributed by atoms with Crippen molar-refractivity contribution < 1.29 is 19.0 Å². The predicted octanol–water partition coefficient (Wildman–Crippen LogP) is 4.58. The van der Waals surface area contributed by atoms with Crippen molar-refractivity contribution in [1.82, 2.24) is 20.2 Å². The molecule has 0 spiro atoms. The molecule has 190 valence electrons. The van der Waals surface area contributed by atoms with E-state index in [4.69, 9.17) is 21.1 Å². The molecule has 0 saturated carbocycles. The number of fused-ring (bicyclic) bond motifs is 1. The molecule has 35 heavy (non-hydrogen) atoms. The van der Waals surface area contributed by atoms with Gasteiger partial charge in [0, 0.05) is 24.5 Å². The Bertz CT molecular complexity index is 1150. The molecular weight excluding hydrogens is 473 g/mol. The summed E-state index contributed by atoms with van der Waals surface area (Å²) < 4.78 is 26.4. The molecule has 3 rings (SSSR count). The lowest BCUT2D eigenvalue weighted by molar-refractivity contribution is -0.00987. The molecule has 0 aliphatic rings. The second kappa shape index (κ2) is 11.8. The number of anilines is 2. The highest BCUT2D eigenvalue weighted by Gasteiger charge is 2.23. The van der Waals surface area contributed by atoms with Gasteiger partial charge in [0.15, 0.2) is 17.3 Å². The van der Waals surface area contributed by atoms with Crippen LogP contribution in [0.3, 0.4) is 0 Å². The Hall–Kier alpha value is -2.72. The lowest BCUT2D eigenvalue weighted by atomic mass is 10.1. The van der Waals surface area contributed by atoms with Gasteiger partial charge in [-0.05, 0) is 45.1 Å². The van der Waals surface area contributed by atoms with E-state index in [2.05, 4.69) is 20.6 Å². The fourth-order valence-corrected chi connectivity index (χ4v) is 4.12. The monoisotopic (exact) mass is 505 g/mol. The molecule has 0 bridgehead atoms. The summed E-state index contributed by atoms with van der Waals surface area (Å²) in [6, 6.07) is 8.27. The number of ether oxygens (including phenoxy) is 2. The number of rotatable bonds is 12. The van der Waals surface area contributed by atoms with Crippen molar-refractivity contribution in [3.05, 3.63) is 47.5 Å². The van der Waals surface area contributed by atoms with Crippen LogP contribution in [0.5, 0.6) is 11.5 Å². The summed E-state index contributed by atoms with van der Waals surface area (Å²) in [5, 5.41) is 17.2. The third kappa shape index (κ3) is 6.91. The third-order valence-electron chi connectivity index (χ3n) is 5.53. The second-order valence-corrected chi connectivity index (χ2v) is 9.03. The number of nitrogens with one attached hydrogen (secondary N) is 2. The quantitative estimate of drug-likeness (QED) is 0.308. The SMILES string of the molecule is CCN[C@](C)(O)CN(C)CC(CC)Oc1cc2c(Nc3cccc(Cl)c3F)ncnc2cc1OC. The number of methoxy groups -OCH3 is 1. The first-order valence-electron chi connectivity index (χ1n) is 11.5. The van der Waals surface area contributed by atoms with Crippen LogP contribution in [-0.2, 0) is 0 Å². The van der Waals surface area contributed by atoms with Gasteiger partial charge < -0.3 is 19.9 Å². The summed E-state index contributed by atoms with van der Waals surface area (Å²) in [6.07, 6.45) is 1.96. The van der Waals surface area contributed by atoms with Crippen molar-refractivity contribution in [2.45, 2.75) is 39.0 Å². The smallest absolute Gasteiger partial charge is 0.165 e. The summed E-state index contributed by atoms with van der Waals surface area (Å²) in [4.78, 5) is 10.6. The maximum absolute atomic E-state index is 14.5. The molecular formula is C25H33ClFN5O3. The molecule has 0 amide bonds. The van der Waals surface area contributed by atoms with Crippen LogP contribution in [-0.4, -0.2) is 65.6 Å². The first-order valence-corrected chi connectivity index (χ1v) is 11.9. The van der Waals surface area contributed by atoms with Gasteiger partial charge in [-0.1, -0.05) is 31.5 Å². The average Bonchev–Trinajstić information content (AvgIpc) is 2.81. The highest BCUT2D eigenvalue weighted by atomic mass is 35.5. The maximum Gasteiger partial charge on any atom is 0.165 e. The van der Waals surface area contributed by atoms with Gasteiger partial charge in [0.05, 0.1) is 23.3 Å². The minimum atomic E-state index is -1.00. The van der Waals surface area contributed by atoms with Gasteiger partial charge in [-0.15, -0.1) is 0 Å². The lowest BCUT2D eigenvalue weighted by Gasteiger charge is -2.32. The highest BCUT2D eigenvalue weighted by molar-refractivity contribution is 6.31. The molecule has 1 heterocycles. The van der Waals surface area contributed by atoms with Gasteiger partial charge in [0.25, 0.3) is 0 Å². The summed E-state index contributed by atoms with van der Waals surface area (Å²) in [6.45, 7) is 7.42. The van der Waals surface area contributed by atoms with Crippen molar-refractivity contribution in [3.63, 3.8) is 0 Å². The first-order chi connectivity index (χ1) is 16.7. The van der Waals surface area contributed by atoms with E-state index in [1.807, 2.05) is 25.8 Å². The van der Waals surface area contributed by atoms with Crippen LogP contribution in [0.2, 0.25) is 5.02 Å². The molecule has 10 heteroatoms. The van der Waals surface area contributed by atoms with Crippen LogP contribution in [0.15, 0.2) is 36.7 Å². The van der Waals surface area contributed by atoms with Crippen molar-refractivity contribution in [1.29, 1.82) is 0 Å². The summed E-state index contributed by atoms with van der Waals surface area (Å²) in [5.74, 6) is 0.893. The number of hydrogen-bond donors (Lipinski definition) is 3. The van der Waals surface area contributed by atoms with Gasteiger partial charge in [-0.3, -0.25) is 10.2 Å². The summed E-state index contributed by atoms with van der Waals surface area (Å²) >= 11 is 5.93. The fourth-order valence-electron chi connectivity index (χ4n) is 3.95. The van der Waals surface area contributed by atoms with Crippen LogP contribution in [0, 0.1) is 5.82 Å². The third-order valence-corrected chi connectivity index (χ3v) is 5.82. The molecule has 3 N–H and O–H groups in total. The zero-order valence-electron chi connectivity index (χ0n) is 20.7. The van der Waals surface area contributed by atoms with Crippen LogP contribution < -0.4 is 20.1 Å².